The maximum absolute atomic E-state index is 13.0. The second-order valence-electron chi connectivity index (χ2n) is 8.81. The number of nitrogens with one attached hydrogen (secondary N) is 1. The van der Waals surface area contributed by atoms with Gasteiger partial charge in [0.15, 0.2) is 0 Å². The smallest absolute Gasteiger partial charge is 0.491 e. The molecule has 2 N–H and O–H groups in total. The fourth-order valence-corrected chi connectivity index (χ4v) is 5.49. The highest BCUT2D eigenvalue weighted by atomic mass is 32.2. The van der Waals surface area contributed by atoms with Crippen molar-refractivity contribution < 1.29 is 41.0 Å². The molecule has 38 heavy (non-hydrogen) atoms. The van der Waals surface area contributed by atoms with Gasteiger partial charge in [-0.1, -0.05) is 24.3 Å². The number of hydrogen-bond acceptors (Lipinski definition) is 7. The molecule has 13 heteroatoms. The number of hydrogen-bond donors (Lipinski definition) is 2. The van der Waals surface area contributed by atoms with Gasteiger partial charge < -0.3 is 19.9 Å². The summed E-state index contributed by atoms with van der Waals surface area (Å²) in [5.41, 5.74) is 0.398. The Bertz CT molecular complexity index is 1370. The second-order valence-corrected chi connectivity index (χ2v) is 10.6. The Labute approximate surface area is 217 Å². The fourth-order valence-electron chi connectivity index (χ4n) is 4.31. The van der Waals surface area contributed by atoms with E-state index < -0.39 is 33.6 Å². The summed E-state index contributed by atoms with van der Waals surface area (Å²) in [6.07, 6.45) is -3.17. The summed E-state index contributed by atoms with van der Waals surface area (Å²) < 4.78 is 74.3. The zero-order chi connectivity index (χ0) is 27.6. The molecular formula is C25H26F3N3O6S. The van der Waals surface area contributed by atoms with Gasteiger partial charge in [-0.25, -0.2) is 8.42 Å². The predicted octanol–water partition coefficient (Wildman–Crippen LogP) is 2.98. The number of amidine groups is 1. The van der Waals surface area contributed by atoms with E-state index in [0.29, 0.717) is 11.3 Å². The number of benzene rings is 2. The summed E-state index contributed by atoms with van der Waals surface area (Å²) in [6.45, 7) is 1.82. The van der Waals surface area contributed by atoms with Gasteiger partial charge in [-0.15, -0.1) is 13.2 Å². The third kappa shape index (κ3) is 6.17. The monoisotopic (exact) mass is 553 g/mol. The first-order chi connectivity index (χ1) is 17.9. The molecule has 2 aliphatic rings. The summed E-state index contributed by atoms with van der Waals surface area (Å²) in [7, 11) is -3.81. The van der Waals surface area contributed by atoms with E-state index in [9.17, 15) is 26.4 Å². The number of carbonyl (C=O) groups is 1. The molecule has 0 saturated carbocycles. The molecule has 2 aromatic rings. The van der Waals surface area contributed by atoms with Crippen LogP contribution in [0.3, 0.4) is 0 Å². The highest BCUT2D eigenvalue weighted by Crippen LogP contribution is 2.33. The van der Waals surface area contributed by atoms with E-state index in [1.54, 1.807) is 25.1 Å². The first-order valence-corrected chi connectivity index (χ1v) is 13.2. The van der Waals surface area contributed by atoms with E-state index in [0.717, 1.165) is 23.1 Å². The van der Waals surface area contributed by atoms with Gasteiger partial charge in [0.2, 0.25) is 10.0 Å². The minimum atomic E-state index is -4.86. The molecule has 1 saturated heterocycles. The lowest BCUT2D eigenvalue weighted by molar-refractivity contribution is -0.274. The lowest BCUT2D eigenvalue weighted by Crippen LogP contribution is -2.50. The van der Waals surface area contributed by atoms with Gasteiger partial charge in [0, 0.05) is 24.1 Å². The molecule has 9 nitrogen and oxygen atoms in total. The van der Waals surface area contributed by atoms with Gasteiger partial charge >= 0.3 is 6.36 Å². The number of aliphatic hydroxyl groups excluding tert-OH is 1. The zero-order valence-corrected chi connectivity index (χ0v) is 21.2. The molecule has 0 atom stereocenters. The maximum Gasteiger partial charge on any atom is 0.573 e. The number of rotatable bonds is 8. The van der Waals surface area contributed by atoms with Crippen LogP contribution in [0.2, 0.25) is 0 Å². The van der Waals surface area contributed by atoms with Crippen LogP contribution in [0.5, 0.6) is 11.5 Å². The average molecular weight is 554 g/mol. The molecular weight excluding hydrogens is 527 g/mol. The van der Waals surface area contributed by atoms with Crippen LogP contribution in [0.1, 0.15) is 29.5 Å². The Morgan fingerprint density at radius 3 is 2.58 bits per heavy atom. The van der Waals surface area contributed by atoms with Gasteiger partial charge in [0.25, 0.3) is 5.91 Å². The van der Waals surface area contributed by atoms with Crippen LogP contribution < -0.4 is 14.8 Å². The number of nitrogens with zero attached hydrogens (tertiary/aromatic N) is 2. The summed E-state index contributed by atoms with van der Waals surface area (Å²) >= 11 is 0. The standard InChI is InChI=1S/C25H26F3N3O6S/c1-17-18(4-3-7-21(17)36-14-13-32)8-15-38(34,35)31-11-9-24(10-12-31)23(33)29-22(30-24)19-5-2-6-20(16-19)37-25(26,27)28/h2-8,15-16,32H,9-14H2,1H3,(H,29,30,33)/b15-8+. The molecule has 204 valence electrons. The Morgan fingerprint density at radius 2 is 1.89 bits per heavy atom. The largest absolute Gasteiger partial charge is 0.573 e. The van der Waals surface area contributed by atoms with Gasteiger partial charge in [-0.05, 0) is 55.2 Å². The van der Waals surface area contributed by atoms with Crippen LogP contribution >= 0.6 is 0 Å². The summed E-state index contributed by atoms with van der Waals surface area (Å²) in [4.78, 5) is 17.3. The van der Waals surface area contributed by atoms with E-state index in [2.05, 4.69) is 15.0 Å². The van der Waals surface area contributed by atoms with Crippen molar-refractivity contribution in [2.75, 3.05) is 26.3 Å². The third-order valence-electron chi connectivity index (χ3n) is 6.33. The number of amides is 1. The van der Waals surface area contributed by atoms with Crippen molar-refractivity contribution >= 4 is 27.8 Å². The van der Waals surface area contributed by atoms with Gasteiger partial charge in [0.05, 0.1) is 6.61 Å². The Hall–Kier alpha value is -3.42. The summed E-state index contributed by atoms with van der Waals surface area (Å²) in [6, 6.07) is 10.3. The minimum absolute atomic E-state index is 0.0345. The van der Waals surface area contributed by atoms with Gasteiger partial charge in [-0.2, -0.15) is 4.31 Å². The van der Waals surface area contributed by atoms with E-state index in [1.165, 1.54) is 22.5 Å². The van der Waals surface area contributed by atoms with Crippen LogP contribution in [0, 0.1) is 6.92 Å². The molecule has 0 aromatic heterocycles. The predicted molar refractivity (Wildman–Crippen MR) is 133 cm³/mol. The highest BCUT2D eigenvalue weighted by molar-refractivity contribution is 7.92. The van der Waals surface area contributed by atoms with Crippen LogP contribution in [0.4, 0.5) is 13.2 Å². The Kier molecular flexibility index (Phi) is 7.81. The van der Waals surface area contributed by atoms with E-state index in [-0.39, 0.29) is 50.5 Å². The van der Waals surface area contributed by atoms with Crippen LogP contribution in [-0.4, -0.2) is 67.8 Å². The lowest BCUT2D eigenvalue weighted by atomic mass is 9.89. The zero-order valence-electron chi connectivity index (χ0n) is 20.4. The minimum Gasteiger partial charge on any atom is -0.491 e. The van der Waals surface area contributed by atoms with Crippen molar-refractivity contribution in [2.24, 2.45) is 4.99 Å². The molecule has 1 fully saturated rings. The van der Waals surface area contributed by atoms with Crippen molar-refractivity contribution in [3.63, 3.8) is 0 Å². The third-order valence-corrected chi connectivity index (χ3v) is 7.89. The lowest BCUT2D eigenvalue weighted by Gasteiger charge is -2.34. The van der Waals surface area contributed by atoms with Gasteiger partial charge in [-0.3, -0.25) is 9.79 Å². The number of carbonyl (C=O) groups excluding carboxylic acids is 1. The molecule has 1 amide bonds. The molecule has 2 heterocycles. The molecule has 0 aliphatic carbocycles. The number of alkyl halides is 3. The molecule has 0 radical (unpaired) electrons. The highest BCUT2D eigenvalue weighted by Gasteiger charge is 2.47. The molecule has 0 bridgehead atoms. The van der Waals surface area contributed by atoms with E-state index in [1.807, 2.05) is 0 Å². The molecule has 2 aliphatic heterocycles. The Balaban J connectivity index is 1.46. The first kappa shape index (κ1) is 27.6. The number of piperidine rings is 1. The number of aliphatic hydroxyl groups is 1. The van der Waals surface area contributed by atoms with Crippen molar-refractivity contribution in [1.82, 2.24) is 9.62 Å². The topological polar surface area (TPSA) is 118 Å². The normalized spacial score (nSPS) is 18.0. The molecule has 2 aromatic carbocycles. The van der Waals surface area contributed by atoms with Crippen LogP contribution in [0.25, 0.3) is 6.08 Å². The first-order valence-electron chi connectivity index (χ1n) is 11.7. The fraction of sp³-hybridized carbons (Fsp3) is 0.360. The number of ether oxygens (including phenoxy) is 2. The maximum atomic E-state index is 13.0. The number of aliphatic imine (C=N–C) groups is 1. The van der Waals surface area contributed by atoms with Crippen molar-refractivity contribution in [3.05, 3.63) is 64.6 Å². The Morgan fingerprint density at radius 1 is 1.18 bits per heavy atom. The number of halogens is 3. The summed E-state index contributed by atoms with van der Waals surface area (Å²) in [5, 5.41) is 12.7. The average Bonchev–Trinajstić information content (AvgIpc) is 3.17. The van der Waals surface area contributed by atoms with Crippen molar-refractivity contribution in [3.8, 4) is 11.5 Å². The van der Waals surface area contributed by atoms with Crippen molar-refractivity contribution in [1.29, 1.82) is 0 Å². The summed E-state index contributed by atoms with van der Waals surface area (Å²) in [5.74, 6) is -0.230. The second kappa shape index (κ2) is 10.8. The molecule has 1 spiro atoms. The van der Waals surface area contributed by atoms with E-state index >= 15 is 0 Å². The molecule has 0 unspecified atom stereocenters. The SMILES string of the molecule is Cc1c(/C=C/S(=O)(=O)N2CCC3(CC2)N=C(c2cccc(OC(F)(F)F)c2)NC3=O)cccc1OCCO. The van der Waals surface area contributed by atoms with Crippen LogP contribution in [0.15, 0.2) is 52.9 Å². The van der Waals surface area contributed by atoms with Crippen LogP contribution in [-0.2, 0) is 14.8 Å². The van der Waals surface area contributed by atoms with E-state index in [4.69, 9.17) is 9.84 Å². The number of sulfonamides is 1. The molecule has 4 rings (SSSR count). The van der Waals surface area contributed by atoms with Gasteiger partial charge in [0.1, 0.15) is 29.5 Å². The quantitative estimate of drug-likeness (QED) is 0.519. The van der Waals surface area contributed by atoms with Crippen molar-refractivity contribution in [2.45, 2.75) is 31.7 Å².